The number of ether oxygens (including phenoxy) is 1. The zero-order chi connectivity index (χ0) is 20.4. The molecule has 0 aliphatic carbocycles. The van der Waals surface area contributed by atoms with Crippen LogP contribution in [0.3, 0.4) is 0 Å². The first kappa shape index (κ1) is 19.8. The molecule has 1 aliphatic rings. The van der Waals surface area contributed by atoms with E-state index in [-0.39, 0.29) is 17.1 Å². The van der Waals surface area contributed by atoms with Crippen molar-refractivity contribution in [3.8, 4) is 5.69 Å². The molecule has 0 spiro atoms. The minimum atomic E-state index is -0.444. The number of nitrogens with zero attached hydrogens (tertiary/aromatic N) is 3. The van der Waals surface area contributed by atoms with Gasteiger partial charge in [-0.1, -0.05) is 17.7 Å². The SMILES string of the molecule is COCCN1C(=S)N[C@H](c2ccccn2)[C@@H]1c1cccn1-c1ccc(F)c(Cl)c1. The molecule has 3 heterocycles. The largest absolute Gasteiger partial charge is 0.383 e. The van der Waals surface area contributed by atoms with Gasteiger partial charge in [-0.05, 0) is 54.7 Å². The molecule has 0 radical (unpaired) electrons. The Kier molecular flexibility index (Phi) is 5.80. The highest BCUT2D eigenvalue weighted by atomic mass is 35.5. The van der Waals surface area contributed by atoms with Crippen LogP contribution in [0.15, 0.2) is 60.9 Å². The molecule has 1 aliphatic heterocycles. The van der Waals surface area contributed by atoms with E-state index in [4.69, 9.17) is 28.6 Å². The molecule has 0 unspecified atom stereocenters. The van der Waals surface area contributed by atoms with Gasteiger partial charge in [-0.25, -0.2) is 4.39 Å². The van der Waals surface area contributed by atoms with Gasteiger partial charge in [0.2, 0.25) is 0 Å². The van der Waals surface area contributed by atoms with Crippen LogP contribution < -0.4 is 5.32 Å². The van der Waals surface area contributed by atoms with Crippen LogP contribution in [-0.2, 0) is 4.74 Å². The van der Waals surface area contributed by atoms with Crippen LogP contribution in [-0.4, -0.2) is 39.8 Å². The van der Waals surface area contributed by atoms with Crippen molar-refractivity contribution in [2.24, 2.45) is 0 Å². The Hall–Kier alpha value is -2.48. The lowest BCUT2D eigenvalue weighted by Gasteiger charge is -2.28. The highest BCUT2D eigenvalue weighted by Gasteiger charge is 2.41. The molecule has 1 fully saturated rings. The summed E-state index contributed by atoms with van der Waals surface area (Å²) in [6.45, 7) is 1.17. The van der Waals surface area contributed by atoms with Crippen molar-refractivity contribution in [1.29, 1.82) is 0 Å². The van der Waals surface area contributed by atoms with Gasteiger partial charge in [0.15, 0.2) is 5.11 Å². The zero-order valence-corrected chi connectivity index (χ0v) is 17.3. The number of halogens is 2. The number of thiocarbonyl (C=S) groups is 1. The van der Waals surface area contributed by atoms with E-state index in [0.29, 0.717) is 18.3 Å². The van der Waals surface area contributed by atoms with Gasteiger partial charge in [0, 0.05) is 37.4 Å². The summed E-state index contributed by atoms with van der Waals surface area (Å²) >= 11 is 11.7. The van der Waals surface area contributed by atoms with E-state index < -0.39 is 5.82 Å². The molecular weight excluding hydrogens is 411 g/mol. The predicted octanol–water partition coefficient (Wildman–Crippen LogP) is 4.28. The first-order chi connectivity index (χ1) is 14.1. The third-order valence-corrected chi connectivity index (χ3v) is 5.64. The summed E-state index contributed by atoms with van der Waals surface area (Å²) < 4.78 is 21.0. The van der Waals surface area contributed by atoms with Crippen molar-refractivity contribution in [2.75, 3.05) is 20.3 Å². The van der Waals surface area contributed by atoms with Gasteiger partial charge in [-0.3, -0.25) is 4.98 Å². The van der Waals surface area contributed by atoms with Crippen LogP contribution in [0.4, 0.5) is 4.39 Å². The Morgan fingerprint density at radius 1 is 1.24 bits per heavy atom. The number of pyridine rings is 1. The Morgan fingerprint density at radius 2 is 2.10 bits per heavy atom. The van der Waals surface area contributed by atoms with E-state index >= 15 is 0 Å². The van der Waals surface area contributed by atoms with Gasteiger partial charge in [-0.15, -0.1) is 0 Å². The lowest BCUT2D eigenvalue weighted by atomic mass is 10.0. The fourth-order valence-electron chi connectivity index (χ4n) is 3.66. The lowest BCUT2D eigenvalue weighted by Crippen LogP contribution is -2.33. The fraction of sp³-hybridized carbons (Fsp3) is 0.238. The van der Waals surface area contributed by atoms with Gasteiger partial charge >= 0.3 is 0 Å². The Balaban J connectivity index is 1.79. The molecule has 4 rings (SSSR count). The quantitative estimate of drug-likeness (QED) is 0.591. The van der Waals surface area contributed by atoms with Crippen molar-refractivity contribution in [2.45, 2.75) is 12.1 Å². The molecule has 0 amide bonds. The molecular formula is C21H20ClFN4OS. The number of hydrogen-bond acceptors (Lipinski definition) is 3. The van der Waals surface area contributed by atoms with E-state index in [2.05, 4.69) is 15.2 Å². The van der Waals surface area contributed by atoms with Crippen LogP contribution in [0.1, 0.15) is 23.5 Å². The molecule has 29 heavy (non-hydrogen) atoms. The van der Waals surface area contributed by atoms with Gasteiger partial charge in [0.05, 0.1) is 29.4 Å². The van der Waals surface area contributed by atoms with Crippen LogP contribution in [0, 0.1) is 5.82 Å². The first-order valence-corrected chi connectivity index (χ1v) is 9.98. The number of benzene rings is 1. The van der Waals surface area contributed by atoms with Gasteiger partial charge < -0.3 is 19.5 Å². The highest BCUT2D eigenvalue weighted by Crippen LogP contribution is 2.39. The lowest BCUT2D eigenvalue weighted by molar-refractivity contribution is 0.163. The smallest absolute Gasteiger partial charge is 0.170 e. The second-order valence-corrected chi connectivity index (χ2v) is 7.51. The number of rotatable bonds is 6. The van der Waals surface area contributed by atoms with Gasteiger partial charge in [-0.2, -0.15) is 0 Å². The topological polar surface area (TPSA) is 42.3 Å². The maximum absolute atomic E-state index is 13.7. The van der Waals surface area contributed by atoms with Crippen molar-refractivity contribution >= 4 is 28.9 Å². The standard InChI is InChI=1S/C21H20ClFN4OS/c1-28-12-11-27-20(19(25-21(27)29)17-5-2-3-9-24-17)18-6-4-10-26(18)14-7-8-16(23)15(22)13-14/h2-10,13,19-20H,11-12H2,1H3,(H,25,29)/t19-,20+/m1/s1. The average molecular weight is 431 g/mol. The highest BCUT2D eigenvalue weighted by molar-refractivity contribution is 7.80. The zero-order valence-electron chi connectivity index (χ0n) is 15.8. The number of hydrogen-bond donors (Lipinski definition) is 1. The van der Waals surface area contributed by atoms with Crippen molar-refractivity contribution in [3.05, 3.63) is 83.2 Å². The fourth-order valence-corrected chi connectivity index (χ4v) is 4.17. The molecule has 0 saturated carbocycles. The molecule has 1 aromatic carbocycles. The second kappa shape index (κ2) is 8.49. The minimum absolute atomic E-state index is 0.0831. The van der Waals surface area contributed by atoms with Crippen molar-refractivity contribution in [3.63, 3.8) is 0 Å². The summed E-state index contributed by atoms with van der Waals surface area (Å²) in [5.41, 5.74) is 2.66. The van der Waals surface area contributed by atoms with Crippen LogP contribution in [0.25, 0.3) is 5.69 Å². The molecule has 5 nitrogen and oxygen atoms in total. The monoisotopic (exact) mass is 430 g/mol. The minimum Gasteiger partial charge on any atom is -0.383 e. The summed E-state index contributed by atoms with van der Waals surface area (Å²) in [7, 11) is 1.67. The Bertz CT molecular complexity index is 1010. The van der Waals surface area contributed by atoms with E-state index in [0.717, 1.165) is 17.1 Å². The molecule has 3 aromatic rings. The maximum atomic E-state index is 13.7. The summed E-state index contributed by atoms with van der Waals surface area (Å²) in [4.78, 5) is 6.64. The van der Waals surface area contributed by atoms with Crippen molar-refractivity contribution in [1.82, 2.24) is 19.8 Å². The maximum Gasteiger partial charge on any atom is 0.170 e. The predicted molar refractivity (Wildman–Crippen MR) is 115 cm³/mol. The number of methoxy groups -OCH3 is 1. The van der Waals surface area contributed by atoms with Crippen LogP contribution in [0.2, 0.25) is 5.02 Å². The molecule has 0 bridgehead atoms. The molecule has 1 saturated heterocycles. The van der Waals surface area contributed by atoms with Crippen molar-refractivity contribution < 1.29 is 9.13 Å². The Morgan fingerprint density at radius 3 is 2.83 bits per heavy atom. The summed E-state index contributed by atoms with van der Waals surface area (Å²) in [6, 6.07) is 14.3. The molecule has 8 heteroatoms. The molecule has 150 valence electrons. The Labute approximate surface area is 179 Å². The molecule has 2 atom stereocenters. The van der Waals surface area contributed by atoms with Gasteiger partial charge in [0.25, 0.3) is 0 Å². The van der Waals surface area contributed by atoms with E-state index in [9.17, 15) is 4.39 Å². The molecule has 1 N–H and O–H groups in total. The third kappa shape index (κ3) is 3.85. The van der Waals surface area contributed by atoms with E-state index in [1.165, 1.54) is 6.07 Å². The van der Waals surface area contributed by atoms with Crippen LogP contribution >= 0.6 is 23.8 Å². The van der Waals surface area contributed by atoms with E-state index in [1.807, 2.05) is 41.1 Å². The summed E-state index contributed by atoms with van der Waals surface area (Å²) in [5.74, 6) is -0.444. The summed E-state index contributed by atoms with van der Waals surface area (Å²) in [6.07, 6.45) is 3.71. The third-order valence-electron chi connectivity index (χ3n) is 5.00. The number of aromatic nitrogens is 2. The second-order valence-electron chi connectivity index (χ2n) is 6.71. The van der Waals surface area contributed by atoms with Crippen LogP contribution in [0.5, 0.6) is 0 Å². The summed E-state index contributed by atoms with van der Waals surface area (Å²) in [5, 5.41) is 4.14. The van der Waals surface area contributed by atoms with Gasteiger partial charge in [0.1, 0.15) is 5.82 Å². The molecule has 2 aromatic heterocycles. The number of nitrogens with one attached hydrogen (secondary N) is 1. The normalized spacial score (nSPS) is 18.9. The van der Waals surface area contributed by atoms with E-state index in [1.54, 1.807) is 25.4 Å². The average Bonchev–Trinajstić information content (AvgIpc) is 3.33. The first-order valence-electron chi connectivity index (χ1n) is 9.20.